The number of nitrogens with two attached hydrogens (primary N) is 1. The molecule has 0 saturated carbocycles. The Hall–Kier alpha value is -6.95. The molecule has 2 heterocycles. The van der Waals surface area contributed by atoms with Gasteiger partial charge >= 0.3 is 6.03 Å². The molecule has 0 radical (unpaired) electrons. The van der Waals surface area contributed by atoms with Gasteiger partial charge in [0.1, 0.15) is 17.2 Å². The molecule has 54 heavy (non-hydrogen) atoms. The van der Waals surface area contributed by atoms with E-state index in [2.05, 4.69) is 28.3 Å². The predicted octanol–water partition coefficient (Wildman–Crippen LogP) is 8.82. The van der Waals surface area contributed by atoms with E-state index in [1.807, 2.05) is 30.3 Å². The Morgan fingerprint density at radius 1 is 0.778 bits per heavy atom. The van der Waals surface area contributed by atoms with E-state index in [4.69, 9.17) is 34.4 Å². The number of carbonyl (C=O) groups excluding carboxylic acids is 1. The Balaban J connectivity index is 1.04. The maximum absolute atomic E-state index is 15.4. The molecule has 0 aliphatic carbocycles. The van der Waals surface area contributed by atoms with Crippen LogP contribution in [0.3, 0.4) is 0 Å². The molecule has 0 aliphatic heterocycles. The van der Waals surface area contributed by atoms with Crippen LogP contribution in [0.5, 0.6) is 34.5 Å². The standard InChI is InChI=1S/C42H36FN5O6/c1-50-30-20-29(21-31(22-30)51-2)48(42(44)49)46-25-26-13-14-39(34(43)18-26)54-38-15-16-45-37-24-41(40(52-3)23-33(37)38)53-17-7-10-27-9-6-12-36-32(27)19-28-8-4-5-11-35(28)47-36/h4-6,8-9,11-16,18-25H,7,10,17H2,1-3H3,(H2,44,49)/b46-25+. The number of fused-ring (bicyclic) bond motifs is 3. The maximum Gasteiger partial charge on any atom is 0.340 e. The number of amides is 2. The number of aromatic nitrogens is 2. The summed E-state index contributed by atoms with van der Waals surface area (Å²) in [5, 5.41) is 7.98. The van der Waals surface area contributed by atoms with Crippen molar-refractivity contribution in [2.45, 2.75) is 12.8 Å². The first-order valence-electron chi connectivity index (χ1n) is 17.0. The second-order valence-electron chi connectivity index (χ2n) is 12.2. The lowest BCUT2D eigenvalue weighted by molar-refractivity contribution is 0.254. The van der Waals surface area contributed by atoms with E-state index < -0.39 is 11.8 Å². The molecule has 2 N–H and O–H groups in total. The Morgan fingerprint density at radius 3 is 2.33 bits per heavy atom. The average Bonchev–Trinajstić information content (AvgIpc) is 3.19. The van der Waals surface area contributed by atoms with Gasteiger partial charge in [0.05, 0.1) is 56.4 Å². The van der Waals surface area contributed by atoms with Gasteiger partial charge in [-0.25, -0.2) is 14.2 Å². The van der Waals surface area contributed by atoms with Gasteiger partial charge in [-0.05, 0) is 72.5 Å². The van der Waals surface area contributed by atoms with Gasteiger partial charge in [0.15, 0.2) is 23.1 Å². The highest BCUT2D eigenvalue weighted by Crippen LogP contribution is 2.38. The predicted molar refractivity (Wildman–Crippen MR) is 207 cm³/mol. The summed E-state index contributed by atoms with van der Waals surface area (Å²) in [5.74, 6) is 1.58. The third-order valence-corrected chi connectivity index (χ3v) is 8.77. The van der Waals surface area contributed by atoms with Crippen LogP contribution in [0.4, 0.5) is 14.9 Å². The van der Waals surface area contributed by atoms with Crippen LogP contribution >= 0.6 is 0 Å². The number of benzene rings is 5. The van der Waals surface area contributed by atoms with Crippen LogP contribution in [-0.4, -0.2) is 50.1 Å². The zero-order valence-corrected chi connectivity index (χ0v) is 29.8. The molecule has 0 spiro atoms. The summed E-state index contributed by atoms with van der Waals surface area (Å²) in [7, 11) is 4.52. The summed E-state index contributed by atoms with van der Waals surface area (Å²) in [6, 6.07) is 29.9. The monoisotopic (exact) mass is 725 g/mol. The first-order valence-corrected chi connectivity index (χ1v) is 17.0. The van der Waals surface area contributed by atoms with Gasteiger partial charge in [-0.2, -0.15) is 10.1 Å². The molecule has 5 aromatic carbocycles. The number of para-hydroxylation sites is 1. The van der Waals surface area contributed by atoms with Crippen LogP contribution in [-0.2, 0) is 6.42 Å². The summed E-state index contributed by atoms with van der Waals surface area (Å²) in [6.07, 6.45) is 4.45. The molecule has 7 aromatic rings. The van der Waals surface area contributed by atoms with Gasteiger partial charge in [0.2, 0.25) is 0 Å². The average molecular weight is 726 g/mol. The summed E-state index contributed by atoms with van der Waals surface area (Å²) in [6.45, 7) is 0.446. The molecule has 7 rings (SSSR count). The van der Waals surface area contributed by atoms with Crippen molar-refractivity contribution in [2.24, 2.45) is 10.8 Å². The first-order chi connectivity index (χ1) is 26.3. The molecule has 2 amide bonds. The van der Waals surface area contributed by atoms with Crippen LogP contribution in [0.25, 0.3) is 32.7 Å². The van der Waals surface area contributed by atoms with Crippen molar-refractivity contribution < 1.29 is 32.9 Å². The van der Waals surface area contributed by atoms with Gasteiger partial charge in [-0.1, -0.05) is 30.3 Å². The number of pyridine rings is 2. The summed E-state index contributed by atoms with van der Waals surface area (Å²) in [5.41, 5.74) is 9.98. The van der Waals surface area contributed by atoms with E-state index in [9.17, 15) is 4.79 Å². The number of aryl methyl sites for hydroxylation is 1. The normalized spacial score (nSPS) is 11.3. The Morgan fingerprint density at radius 2 is 1.57 bits per heavy atom. The molecule has 11 nitrogen and oxygen atoms in total. The zero-order valence-electron chi connectivity index (χ0n) is 29.8. The van der Waals surface area contributed by atoms with E-state index in [0.29, 0.717) is 57.5 Å². The summed E-state index contributed by atoms with van der Waals surface area (Å²) >= 11 is 0. The molecular formula is C42H36FN5O6. The van der Waals surface area contributed by atoms with E-state index in [-0.39, 0.29) is 5.75 Å². The topological polar surface area (TPSA) is 131 Å². The van der Waals surface area contributed by atoms with E-state index >= 15 is 4.39 Å². The molecule has 0 atom stereocenters. The van der Waals surface area contributed by atoms with E-state index in [1.165, 1.54) is 38.1 Å². The lowest BCUT2D eigenvalue weighted by Gasteiger charge is -2.16. The quantitative estimate of drug-likeness (QED) is 0.0540. The fourth-order valence-electron chi connectivity index (χ4n) is 6.10. The van der Waals surface area contributed by atoms with Crippen molar-refractivity contribution in [1.82, 2.24) is 9.97 Å². The maximum atomic E-state index is 15.4. The second-order valence-corrected chi connectivity index (χ2v) is 12.2. The number of carbonyl (C=O) groups is 1. The molecule has 0 aliphatic rings. The largest absolute Gasteiger partial charge is 0.497 e. The number of nitrogens with zero attached hydrogens (tertiary/aromatic N) is 4. The molecule has 0 bridgehead atoms. The highest BCUT2D eigenvalue weighted by atomic mass is 19.1. The number of hydrogen-bond donors (Lipinski definition) is 1. The van der Waals surface area contributed by atoms with E-state index in [0.717, 1.165) is 39.7 Å². The summed E-state index contributed by atoms with van der Waals surface area (Å²) < 4.78 is 43.9. The van der Waals surface area contributed by atoms with Crippen molar-refractivity contribution in [3.63, 3.8) is 0 Å². The second kappa shape index (κ2) is 15.7. The minimum atomic E-state index is -0.858. The number of methoxy groups -OCH3 is 3. The van der Waals surface area contributed by atoms with Gasteiger partial charge in [0.25, 0.3) is 0 Å². The van der Waals surface area contributed by atoms with E-state index in [1.54, 1.807) is 55.8 Å². The zero-order chi connectivity index (χ0) is 37.6. The fraction of sp³-hybridized carbons (Fsp3) is 0.143. The molecule has 12 heteroatoms. The number of ether oxygens (including phenoxy) is 5. The minimum Gasteiger partial charge on any atom is -0.497 e. The molecule has 2 aromatic heterocycles. The molecule has 0 unspecified atom stereocenters. The first kappa shape index (κ1) is 35.5. The van der Waals surface area contributed by atoms with Crippen molar-refractivity contribution in [3.8, 4) is 34.5 Å². The molecule has 0 fully saturated rings. The Bertz CT molecular complexity index is 2500. The summed E-state index contributed by atoms with van der Waals surface area (Å²) in [4.78, 5) is 21.6. The van der Waals surface area contributed by atoms with Crippen molar-refractivity contribution in [2.75, 3.05) is 32.9 Å². The SMILES string of the molecule is COc1cc(OC)cc(N(/N=C/c2ccc(Oc3ccnc4cc(OCCCc5cccc6nc7ccccc7cc56)c(OC)cc34)c(F)c2)C(N)=O)c1. The molecular weight excluding hydrogens is 689 g/mol. The van der Waals surface area contributed by atoms with Crippen LogP contribution in [0, 0.1) is 5.82 Å². The fourth-order valence-corrected chi connectivity index (χ4v) is 6.10. The number of hydrazone groups is 1. The van der Waals surface area contributed by atoms with Crippen LogP contribution in [0.15, 0.2) is 114 Å². The van der Waals surface area contributed by atoms with Gasteiger partial charge in [-0.3, -0.25) is 4.98 Å². The van der Waals surface area contributed by atoms with Gasteiger partial charge in [0, 0.05) is 46.6 Å². The number of hydrogen-bond acceptors (Lipinski definition) is 9. The van der Waals surface area contributed by atoms with Gasteiger partial charge < -0.3 is 29.4 Å². The highest BCUT2D eigenvalue weighted by molar-refractivity contribution is 5.95. The minimum absolute atomic E-state index is 0.0279. The smallest absolute Gasteiger partial charge is 0.340 e. The van der Waals surface area contributed by atoms with Crippen LogP contribution in [0.1, 0.15) is 17.5 Å². The molecule has 272 valence electrons. The number of anilines is 1. The van der Waals surface area contributed by atoms with Crippen molar-refractivity contribution in [3.05, 3.63) is 126 Å². The number of rotatable bonds is 13. The lowest BCUT2D eigenvalue weighted by atomic mass is 10.0. The van der Waals surface area contributed by atoms with Crippen molar-refractivity contribution >= 4 is 50.6 Å². The van der Waals surface area contributed by atoms with Crippen LogP contribution in [0.2, 0.25) is 0 Å². The third-order valence-electron chi connectivity index (χ3n) is 8.77. The number of halogens is 1. The number of urea groups is 1. The highest BCUT2D eigenvalue weighted by Gasteiger charge is 2.16. The molecule has 0 saturated heterocycles. The van der Waals surface area contributed by atoms with Crippen LogP contribution < -0.4 is 34.4 Å². The lowest BCUT2D eigenvalue weighted by Crippen LogP contribution is -2.31. The van der Waals surface area contributed by atoms with Gasteiger partial charge in [-0.15, -0.1) is 0 Å². The Labute approximate surface area is 310 Å². The van der Waals surface area contributed by atoms with Crippen molar-refractivity contribution in [1.29, 1.82) is 0 Å². The number of primary amides is 1. The third kappa shape index (κ3) is 7.63. The Kier molecular flexibility index (Phi) is 10.3.